The summed E-state index contributed by atoms with van der Waals surface area (Å²) < 4.78 is 26.7. The summed E-state index contributed by atoms with van der Waals surface area (Å²) in [5.41, 5.74) is 0.677. The lowest BCUT2D eigenvalue weighted by Gasteiger charge is -2.21. The zero-order valence-corrected chi connectivity index (χ0v) is 14.3. The summed E-state index contributed by atoms with van der Waals surface area (Å²) >= 11 is 0. The molecule has 1 atom stereocenters. The van der Waals surface area contributed by atoms with E-state index < -0.39 is 10.2 Å². The van der Waals surface area contributed by atoms with Gasteiger partial charge in [0.05, 0.1) is 18.3 Å². The van der Waals surface area contributed by atoms with E-state index >= 15 is 0 Å². The van der Waals surface area contributed by atoms with Crippen LogP contribution < -0.4 is 10.6 Å². The maximum Gasteiger partial charge on any atom is 0.281 e. The average Bonchev–Trinajstić information content (AvgIpc) is 3.00. The van der Waals surface area contributed by atoms with E-state index in [9.17, 15) is 8.42 Å². The molecule has 1 unspecified atom stereocenters. The Labute approximate surface area is 132 Å². The zero-order chi connectivity index (χ0) is 16.3. The van der Waals surface area contributed by atoms with Crippen LogP contribution >= 0.6 is 0 Å². The third-order valence-electron chi connectivity index (χ3n) is 3.66. The van der Waals surface area contributed by atoms with Crippen molar-refractivity contribution in [3.05, 3.63) is 17.6 Å². The Morgan fingerprint density at radius 2 is 2.09 bits per heavy atom. The fourth-order valence-electron chi connectivity index (χ4n) is 2.38. The second-order valence-electron chi connectivity index (χ2n) is 5.55. The van der Waals surface area contributed by atoms with E-state index in [1.165, 1.54) is 22.7 Å². The molecule has 0 radical (unpaired) electrons. The summed E-state index contributed by atoms with van der Waals surface area (Å²) in [4.78, 5) is 9.01. The maximum absolute atomic E-state index is 12.1. The number of hydrogen-bond acceptors (Lipinski definition) is 6. The van der Waals surface area contributed by atoms with Crippen LogP contribution in [0.15, 0.2) is 6.07 Å². The molecule has 22 heavy (non-hydrogen) atoms. The molecule has 1 aromatic heterocycles. The minimum Gasteiger partial charge on any atom is -0.373 e. The van der Waals surface area contributed by atoms with E-state index in [2.05, 4.69) is 20.6 Å². The highest BCUT2D eigenvalue weighted by molar-refractivity contribution is 7.86. The van der Waals surface area contributed by atoms with Crippen LogP contribution in [-0.2, 0) is 16.8 Å². The van der Waals surface area contributed by atoms with Crippen LogP contribution in [0.3, 0.4) is 0 Å². The molecule has 0 spiro atoms. The lowest BCUT2D eigenvalue weighted by atomic mass is 10.2. The van der Waals surface area contributed by atoms with Gasteiger partial charge in [-0.3, -0.25) is 0 Å². The minimum atomic E-state index is -3.46. The SMILES string of the molecule is CNc1cc(CN(C)S(=O)(=O)N(C)C)nc(C2CCCN2)n1. The zero-order valence-electron chi connectivity index (χ0n) is 13.5. The van der Waals surface area contributed by atoms with Gasteiger partial charge in [-0.25, -0.2) is 9.97 Å². The summed E-state index contributed by atoms with van der Waals surface area (Å²) in [6.45, 7) is 1.17. The van der Waals surface area contributed by atoms with Crippen molar-refractivity contribution in [1.29, 1.82) is 0 Å². The highest BCUT2D eigenvalue weighted by Crippen LogP contribution is 2.22. The molecule has 9 heteroatoms. The number of rotatable bonds is 6. The number of nitrogens with zero attached hydrogens (tertiary/aromatic N) is 4. The molecule has 1 aromatic rings. The predicted octanol–water partition coefficient (Wildman–Crippen LogP) is 0.181. The molecule has 0 bridgehead atoms. The van der Waals surface area contributed by atoms with Crippen LogP contribution in [0.1, 0.15) is 30.4 Å². The highest BCUT2D eigenvalue weighted by atomic mass is 32.2. The van der Waals surface area contributed by atoms with Gasteiger partial charge >= 0.3 is 0 Å². The average molecular weight is 328 g/mol. The minimum absolute atomic E-state index is 0.141. The van der Waals surface area contributed by atoms with Gasteiger partial charge in [0.25, 0.3) is 10.2 Å². The lowest BCUT2D eigenvalue weighted by Crippen LogP contribution is -2.37. The van der Waals surface area contributed by atoms with Crippen molar-refractivity contribution >= 4 is 16.0 Å². The van der Waals surface area contributed by atoms with Crippen molar-refractivity contribution in [3.8, 4) is 0 Å². The van der Waals surface area contributed by atoms with E-state index in [4.69, 9.17) is 0 Å². The summed E-state index contributed by atoms with van der Waals surface area (Å²) in [7, 11) is 2.90. The van der Waals surface area contributed by atoms with Crippen LogP contribution in [0.4, 0.5) is 5.82 Å². The fourth-order valence-corrected chi connectivity index (χ4v) is 3.23. The molecule has 0 saturated carbocycles. The Balaban J connectivity index is 2.25. The first-order valence-corrected chi connectivity index (χ1v) is 8.67. The molecule has 2 rings (SSSR count). The molecule has 2 heterocycles. The van der Waals surface area contributed by atoms with Gasteiger partial charge in [-0.1, -0.05) is 0 Å². The van der Waals surface area contributed by atoms with E-state index in [1.807, 2.05) is 0 Å². The Kier molecular flexibility index (Phi) is 5.32. The summed E-state index contributed by atoms with van der Waals surface area (Å²) in [5.74, 6) is 1.42. The van der Waals surface area contributed by atoms with Crippen molar-refractivity contribution in [3.63, 3.8) is 0 Å². The second kappa shape index (κ2) is 6.86. The smallest absolute Gasteiger partial charge is 0.281 e. The molecule has 1 saturated heterocycles. The standard InChI is InChI=1S/C13H24N6O2S/c1-14-12-8-10(9-19(4)22(20,21)18(2)3)16-13(17-12)11-6-5-7-15-11/h8,11,15H,5-7,9H2,1-4H3,(H,14,16,17). The fraction of sp³-hybridized carbons (Fsp3) is 0.692. The summed E-state index contributed by atoms with van der Waals surface area (Å²) in [6, 6.07) is 1.92. The normalized spacial score (nSPS) is 19.1. The first kappa shape index (κ1) is 17.1. The Morgan fingerprint density at radius 1 is 1.36 bits per heavy atom. The molecule has 2 N–H and O–H groups in total. The van der Waals surface area contributed by atoms with Gasteiger partial charge in [0.2, 0.25) is 0 Å². The molecule has 1 aliphatic rings. The number of hydrogen-bond donors (Lipinski definition) is 2. The third-order valence-corrected chi connectivity index (χ3v) is 5.50. The van der Waals surface area contributed by atoms with Crippen molar-refractivity contribution in [2.24, 2.45) is 0 Å². The Morgan fingerprint density at radius 3 is 2.64 bits per heavy atom. The van der Waals surface area contributed by atoms with E-state index in [0.717, 1.165) is 25.2 Å². The summed E-state index contributed by atoms with van der Waals surface area (Å²) in [6.07, 6.45) is 2.10. The van der Waals surface area contributed by atoms with Crippen LogP contribution in [0.5, 0.6) is 0 Å². The van der Waals surface area contributed by atoms with E-state index in [1.54, 1.807) is 20.2 Å². The third kappa shape index (κ3) is 3.72. The lowest BCUT2D eigenvalue weighted by molar-refractivity contribution is 0.410. The number of aromatic nitrogens is 2. The van der Waals surface area contributed by atoms with E-state index in [-0.39, 0.29) is 12.6 Å². The first-order chi connectivity index (χ1) is 10.3. The maximum atomic E-state index is 12.1. The topological polar surface area (TPSA) is 90.5 Å². The summed E-state index contributed by atoms with van der Waals surface area (Å²) in [5, 5.41) is 6.37. The quantitative estimate of drug-likeness (QED) is 0.774. The predicted molar refractivity (Wildman–Crippen MR) is 85.6 cm³/mol. The van der Waals surface area contributed by atoms with Crippen LogP contribution in [0, 0.1) is 0 Å². The van der Waals surface area contributed by atoms with Crippen molar-refractivity contribution < 1.29 is 8.42 Å². The molecule has 1 aliphatic heterocycles. The molecule has 0 aromatic carbocycles. The van der Waals surface area contributed by atoms with Crippen LogP contribution in [0.2, 0.25) is 0 Å². The first-order valence-electron chi connectivity index (χ1n) is 7.27. The van der Waals surface area contributed by atoms with Gasteiger partial charge in [-0.2, -0.15) is 17.0 Å². The van der Waals surface area contributed by atoms with Gasteiger partial charge in [0.15, 0.2) is 0 Å². The largest absolute Gasteiger partial charge is 0.373 e. The second-order valence-corrected chi connectivity index (χ2v) is 7.80. The molecule has 124 valence electrons. The Hall–Kier alpha value is -1.29. The van der Waals surface area contributed by atoms with Gasteiger partial charge in [-0.05, 0) is 19.4 Å². The Bertz CT molecular complexity index is 613. The van der Waals surface area contributed by atoms with Crippen molar-refractivity contribution in [2.75, 3.05) is 40.1 Å². The molecule has 0 aliphatic carbocycles. The van der Waals surface area contributed by atoms with Crippen LogP contribution in [0.25, 0.3) is 0 Å². The molecule has 1 fully saturated rings. The van der Waals surface area contributed by atoms with Crippen molar-refractivity contribution in [1.82, 2.24) is 23.9 Å². The molecule has 0 amide bonds. The van der Waals surface area contributed by atoms with Crippen LogP contribution in [-0.4, -0.2) is 61.7 Å². The van der Waals surface area contributed by atoms with Gasteiger partial charge in [-0.15, -0.1) is 0 Å². The highest BCUT2D eigenvalue weighted by Gasteiger charge is 2.23. The number of nitrogens with one attached hydrogen (secondary N) is 2. The molecular weight excluding hydrogens is 304 g/mol. The number of anilines is 1. The van der Waals surface area contributed by atoms with E-state index in [0.29, 0.717) is 11.5 Å². The monoisotopic (exact) mass is 328 g/mol. The van der Waals surface area contributed by atoms with Gasteiger partial charge in [0.1, 0.15) is 11.6 Å². The molecular formula is C13H24N6O2S. The van der Waals surface area contributed by atoms with Crippen molar-refractivity contribution in [2.45, 2.75) is 25.4 Å². The van der Waals surface area contributed by atoms with Gasteiger partial charge in [0, 0.05) is 34.3 Å². The van der Waals surface area contributed by atoms with Gasteiger partial charge < -0.3 is 10.6 Å². The molecule has 8 nitrogen and oxygen atoms in total.